The van der Waals surface area contributed by atoms with Gasteiger partial charge in [0, 0.05) is 11.8 Å². The Morgan fingerprint density at radius 3 is 2.55 bits per heavy atom. The van der Waals surface area contributed by atoms with E-state index in [0.717, 1.165) is 23.3 Å². The Balaban J connectivity index is 1.67. The summed E-state index contributed by atoms with van der Waals surface area (Å²) in [4.78, 5) is 17.6. The maximum Gasteiger partial charge on any atom is 0.256 e. The van der Waals surface area contributed by atoms with Gasteiger partial charge in [-0.15, -0.1) is 0 Å². The highest BCUT2D eigenvalue weighted by molar-refractivity contribution is 6.42. The molecule has 0 atom stereocenters. The van der Waals surface area contributed by atoms with E-state index < -0.39 is 0 Å². The molecule has 0 saturated heterocycles. The molecule has 2 aromatic carbocycles. The minimum atomic E-state index is -0.257. The third kappa shape index (κ3) is 4.29. The monoisotopic (exact) mass is 423 g/mol. The van der Waals surface area contributed by atoms with Gasteiger partial charge in [0.1, 0.15) is 11.5 Å². The van der Waals surface area contributed by atoms with E-state index in [1.807, 2.05) is 47.9 Å². The van der Waals surface area contributed by atoms with E-state index >= 15 is 0 Å². The van der Waals surface area contributed by atoms with Crippen molar-refractivity contribution in [2.75, 3.05) is 5.32 Å². The van der Waals surface area contributed by atoms with Crippen molar-refractivity contribution in [2.24, 2.45) is 0 Å². The van der Waals surface area contributed by atoms with Crippen molar-refractivity contribution in [2.45, 2.75) is 19.8 Å². The third-order valence-corrected chi connectivity index (χ3v) is 5.50. The number of pyridine rings is 1. The number of hydrogen-bond acceptors (Lipinski definition) is 2. The number of nitrogens with one attached hydrogen (secondary N) is 1. The van der Waals surface area contributed by atoms with Gasteiger partial charge in [0.2, 0.25) is 0 Å². The summed E-state index contributed by atoms with van der Waals surface area (Å²) in [5.74, 6) is 0.416. The van der Waals surface area contributed by atoms with Crippen LogP contribution < -0.4 is 5.32 Å². The second-order valence-corrected chi connectivity index (χ2v) is 7.72. The zero-order valence-electron chi connectivity index (χ0n) is 15.8. The molecule has 1 N–H and O–H groups in total. The Morgan fingerprint density at radius 1 is 1.00 bits per heavy atom. The number of hydrogen-bond donors (Lipinski definition) is 1. The van der Waals surface area contributed by atoms with Crippen LogP contribution in [0.4, 0.5) is 5.82 Å². The van der Waals surface area contributed by atoms with Crippen LogP contribution in [-0.2, 0) is 12.8 Å². The normalized spacial score (nSPS) is 11.0. The maximum absolute atomic E-state index is 12.9. The molecule has 1 amide bonds. The van der Waals surface area contributed by atoms with E-state index in [1.165, 1.54) is 5.56 Å². The minimum Gasteiger partial charge on any atom is -0.306 e. The highest BCUT2D eigenvalue weighted by atomic mass is 35.5. The molecular formula is C23H19Cl2N3O. The first-order valence-electron chi connectivity index (χ1n) is 9.29. The van der Waals surface area contributed by atoms with E-state index in [0.29, 0.717) is 27.8 Å². The van der Waals surface area contributed by atoms with E-state index in [4.69, 9.17) is 28.2 Å². The van der Waals surface area contributed by atoms with Crippen LogP contribution in [-0.4, -0.2) is 15.3 Å². The fraction of sp³-hybridized carbons (Fsp3) is 0.130. The molecule has 29 heavy (non-hydrogen) atoms. The van der Waals surface area contributed by atoms with Crippen molar-refractivity contribution in [3.05, 3.63) is 99.3 Å². The van der Waals surface area contributed by atoms with Crippen molar-refractivity contribution in [1.82, 2.24) is 9.38 Å². The Kier molecular flexibility index (Phi) is 5.56. The molecule has 2 aromatic heterocycles. The van der Waals surface area contributed by atoms with Gasteiger partial charge < -0.3 is 5.32 Å². The Morgan fingerprint density at radius 2 is 1.79 bits per heavy atom. The van der Waals surface area contributed by atoms with E-state index in [1.54, 1.807) is 18.2 Å². The number of nitrogens with zero attached hydrogens (tertiary/aromatic N) is 2. The zero-order valence-corrected chi connectivity index (χ0v) is 17.3. The van der Waals surface area contributed by atoms with Gasteiger partial charge in [-0.3, -0.25) is 9.20 Å². The first-order valence-corrected chi connectivity index (χ1v) is 10.0. The number of imidazole rings is 1. The van der Waals surface area contributed by atoms with Crippen LogP contribution in [0.2, 0.25) is 10.0 Å². The molecule has 0 spiro atoms. The topological polar surface area (TPSA) is 46.4 Å². The molecule has 0 radical (unpaired) electrons. The summed E-state index contributed by atoms with van der Waals surface area (Å²) in [6.45, 7) is 2.02. The van der Waals surface area contributed by atoms with E-state index in [2.05, 4.69) is 17.4 Å². The summed E-state index contributed by atoms with van der Waals surface area (Å²) in [6, 6.07) is 19.1. The predicted molar refractivity (Wildman–Crippen MR) is 118 cm³/mol. The lowest BCUT2D eigenvalue weighted by molar-refractivity contribution is 0.102. The number of anilines is 1. The summed E-state index contributed by atoms with van der Waals surface area (Å²) >= 11 is 12.0. The van der Waals surface area contributed by atoms with Gasteiger partial charge >= 0.3 is 0 Å². The maximum atomic E-state index is 12.9. The van der Waals surface area contributed by atoms with Gasteiger partial charge in [-0.2, -0.15) is 0 Å². The molecule has 0 unspecified atom stereocenters. The second kappa shape index (κ2) is 8.27. The summed E-state index contributed by atoms with van der Waals surface area (Å²) in [5, 5.41) is 3.77. The second-order valence-electron chi connectivity index (χ2n) is 6.91. The van der Waals surface area contributed by atoms with Crippen molar-refractivity contribution < 1.29 is 4.79 Å². The number of halogens is 2. The Bertz CT molecular complexity index is 1190. The molecule has 0 saturated carbocycles. The predicted octanol–water partition coefficient (Wildman–Crippen LogP) is 5.99. The molecule has 0 aliphatic carbocycles. The number of aryl methyl sites for hydroxylation is 3. The summed E-state index contributed by atoms with van der Waals surface area (Å²) < 4.78 is 1.91. The zero-order chi connectivity index (χ0) is 20.4. The van der Waals surface area contributed by atoms with Gasteiger partial charge in [0.15, 0.2) is 0 Å². The number of carbonyl (C=O) groups is 1. The lowest BCUT2D eigenvalue weighted by Crippen LogP contribution is -2.15. The average molecular weight is 424 g/mol. The van der Waals surface area contributed by atoms with Gasteiger partial charge in [0.25, 0.3) is 5.91 Å². The summed E-state index contributed by atoms with van der Waals surface area (Å²) in [6.07, 6.45) is 3.47. The number of aromatic nitrogens is 2. The Labute approximate surface area is 179 Å². The molecule has 4 rings (SSSR count). The van der Waals surface area contributed by atoms with Gasteiger partial charge in [-0.1, -0.05) is 53.5 Å². The third-order valence-electron chi connectivity index (χ3n) is 4.76. The summed E-state index contributed by atoms with van der Waals surface area (Å²) in [5.41, 5.74) is 4.42. The van der Waals surface area contributed by atoms with Crippen LogP contribution in [0.1, 0.15) is 27.2 Å². The van der Waals surface area contributed by atoms with Crippen molar-refractivity contribution >= 4 is 40.6 Å². The molecule has 0 fully saturated rings. The first kappa shape index (κ1) is 19.5. The molecule has 2 heterocycles. The number of carbonyl (C=O) groups excluding carboxylic acids is 1. The SMILES string of the molecule is Cc1ccn2c(NC(=O)c3ccc(Cl)c(Cl)c3)c(CCc3ccccc3)nc2c1. The van der Waals surface area contributed by atoms with Crippen LogP contribution in [0.5, 0.6) is 0 Å². The van der Waals surface area contributed by atoms with E-state index in [9.17, 15) is 4.79 Å². The van der Waals surface area contributed by atoms with Crippen LogP contribution in [0.15, 0.2) is 66.9 Å². The van der Waals surface area contributed by atoms with Crippen LogP contribution >= 0.6 is 23.2 Å². The average Bonchev–Trinajstić information content (AvgIpc) is 3.05. The summed E-state index contributed by atoms with van der Waals surface area (Å²) in [7, 11) is 0. The lowest BCUT2D eigenvalue weighted by atomic mass is 10.1. The van der Waals surface area contributed by atoms with Gasteiger partial charge in [-0.25, -0.2) is 4.98 Å². The van der Waals surface area contributed by atoms with Crippen LogP contribution in [0, 0.1) is 6.92 Å². The molecule has 0 aliphatic heterocycles. The Hall–Kier alpha value is -2.82. The highest BCUT2D eigenvalue weighted by Gasteiger charge is 2.17. The van der Waals surface area contributed by atoms with Gasteiger partial charge in [-0.05, 0) is 61.2 Å². The molecule has 0 bridgehead atoms. The molecule has 6 heteroatoms. The standard InChI is InChI=1S/C23H19Cl2N3O/c1-15-11-12-28-21(13-15)26-20(10-7-16-5-3-2-4-6-16)22(28)27-23(29)17-8-9-18(24)19(25)14-17/h2-6,8-9,11-14H,7,10H2,1H3,(H,27,29). The van der Waals surface area contributed by atoms with E-state index in [-0.39, 0.29) is 5.91 Å². The number of rotatable bonds is 5. The van der Waals surface area contributed by atoms with Crippen molar-refractivity contribution in [3.63, 3.8) is 0 Å². The highest BCUT2D eigenvalue weighted by Crippen LogP contribution is 2.25. The smallest absolute Gasteiger partial charge is 0.256 e. The molecular weight excluding hydrogens is 405 g/mol. The minimum absolute atomic E-state index is 0.257. The molecule has 4 nitrogen and oxygen atoms in total. The fourth-order valence-electron chi connectivity index (χ4n) is 3.23. The molecule has 146 valence electrons. The molecule has 0 aliphatic rings. The van der Waals surface area contributed by atoms with Crippen molar-refractivity contribution in [3.8, 4) is 0 Å². The van der Waals surface area contributed by atoms with Crippen LogP contribution in [0.3, 0.4) is 0 Å². The number of amides is 1. The number of benzene rings is 2. The number of fused-ring (bicyclic) bond motifs is 1. The quantitative estimate of drug-likeness (QED) is 0.428. The lowest BCUT2D eigenvalue weighted by Gasteiger charge is -2.09. The first-order chi connectivity index (χ1) is 14.0. The largest absolute Gasteiger partial charge is 0.306 e. The van der Waals surface area contributed by atoms with Crippen LogP contribution in [0.25, 0.3) is 5.65 Å². The molecule has 4 aromatic rings. The van der Waals surface area contributed by atoms with Gasteiger partial charge in [0.05, 0.1) is 15.7 Å². The fourth-order valence-corrected chi connectivity index (χ4v) is 3.52. The van der Waals surface area contributed by atoms with Crippen molar-refractivity contribution in [1.29, 1.82) is 0 Å².